The largest absolute Gasteiger partial charge is 0.479 e. The smallest absolute Gasteiger partial charge is 0.346 e. The molecule has 84 valence electrons. The summed E-state index contributed by atoms with van der Waals surface area (Å²) in [5.74, 6) is -3.12. The van der Waals surface area contributed by atoms with Gasteiger partial charge in [-0.1, -0.05) is 0 Å². The molecule has 1 unspecified atom stereocenters. The van der Waals surface area contributed by atoms with Gasteiger partial charge in [-0.05, 0) is 12.1 Å². The molecule has 0 bridgehead atoms. The molecule has 0 spiro atoms. The zero-order valence-electron chi connectivity index (χ0n) is 7.79. The van der Waals surface area contributed by atoms with Crippen molar-refractivity contribution >= 4 is 17.4 Å². The number of Topliss-reactive ketones (excluding diaryl/α,β-unsaturated/α-hetero) is 1. The number of carbonyl (C=O) groups excluding carboxylic acids is 1. The molecule has 0 radical (unpaired) electrons. The second-order valence-corrected chi connectivity index (χ2v) is 2.87. The third-order valence-electron chi connectivity index (χ3n) is 1.81. The van der Waals surface area contributed by atoms with E-state index in [-0.39, 0.29) is 11.3 Å². The van der Waals surface area contributed by atoms with Crippen molar-refractivity contribution in [2.75, 3.05) is 0 Å². The van der Waals surface area contributed by atoms with Crippen LogP contribution >= 0.6 is 0 Å². The van der Waals surface area contributed by atoms with Crippen LogP contribution in [0, 0.1) is 10.1 Å². The van der Waals surface area contributed by atoms with Crippen molar-refractivity contribution in [3.8, 4) is 0 Å². The van der Waals surface area contributed by atoms with E-state index in [0.29, 0.717) is 0 Å². The number of carboxylic acid groups (broad SMARTS) is 1. The van der Waals surface area contributed by atoms with Crippen LogP contribution in [0.4, 0.5) is 10.1 Å². The minimum absolute atomic E-state index is 0.222. The highest BCUT2D eigenvalue weighted by atomic mass is 19.1. The van der Waals surface area contributed by atoms with Crippen molar-refractivity contribution in [3.05, 3.63) is 39.9 Å². The predicted octanol–water partition coefficient (Wildman–Crippen LogP) is 1.20. The van der Waals surface area contributed by atoms with Crippen molar-refractivity contribution in [1.29, 1.82) is 0 Å². The summed E-state index contributed by atoms with van der Waals surface area (Å²) in [4.78, 5) is 30.9. The number of alkyl halides is 1. The fraction of sp³-hybridized carbons (Fsp3) is 0.111. The van der Waals surface area contributed by atoms with Gasteiger partial charge >= 0.3 is 5.97 Å². The monoisotopic (exact) mass is 227 g/mol. The van der Waals surface area contributed by atoms with Crippen molar-refractivity contribution in [2.24, 2.45) is 0 Å². The van der Waals surface area contributed by atoms with E-state index in [1.165, 1.54) is 0 Å². The SMILES string of the molecule is O=C(O)C(F)C(=O)c1ccc([N+](=O)[O-])cc1. The molecule has 0 saturated heterocycles. The molecule has 7 heteroatoms. The minimum Gasteiger partial charge on any atom is -0.479 e. The zero-order valence-corrected chi connectivity index (χ0v) is 7.79. The molecule has 0 amide bonds. The number of aliphatic carboxylic acids is 1. The first-order valence-electron chi connectivity index (χ1n) is 4.09. The van der Waals surface area contributed by atoms with Crippen LogP contribution in [-0.2, 0) is 4.79 Å². The second-order valence-electron chi connectivity index (χ2n) is 2.87. The van der Waals surface area contributed by atoms with Gasteiger partial charge in [0.15, 0.2) is 0 Å². The van der Waals surface area contributed by atoms with Crippen molar-refractivity contribution in [1.82, 2.24) is 0 Å². The standard InChI is InChI=1S/C9H6FNO5/c10-7(9(13)14)8(12)5-1-3-6(4-2-5)11(15)16/h1-4,7H,(H,13,14). The van der Waals surface area contributed by atoms with E-state index in [2.05, 4.69) is 0 Å². The topological polar surface area (TPSA) is 97.5 Å². The summed E-state index contributed by atoms with van der Waals surface area (Å²) in [7, 11) is 0. The van der Waals surface area contributed by atoms with Crippen LogP contribution in [0.15, 0.2) is 24.3 Å². The maximum absolute atomic E-state index is 12.8. The maximum atomic E-state index is 12.8. The van der Waals surface area contributed by atoms with Gasteiger partial charge in [0.2, 0.25) is 5.78 Å². The summed E-state index contributed by atoms with van der Waals surface area (Å²) < 4.78 is 12.8. The summed E-state index contributed by atoms with van der Waals surface area (Å²) in [6.07, 6.45) is -2.65. The molecule has 1 rings (SSSR count). The Labute approximate surface area is 88.5 Å². The van der Waals surface area contributed by atoms with Gasteiger partial charge in [0.1, 0.15) is 0 Å². The Balaban J connectivity index is 2.94. The van der Waals surface area contributed by atoms with E-state index < -0.39 is 22.8 Å². The first-order chi connectivity index (χ1) is 7.43. The molecular weight excluding hydrogens is 221 g/mol. The lowest BCUT2D eigenvalue weighted by Crippen LogP contribution is -2.25. The average Bonchev–Trinajstić information content (AvgIpc) is 2.27. The minimum atomic E-state index is -2.65. The Morgan fingerprint density at radius 3 is 2.19 bits per heavy atom. The molecule has 0 saturated carbocycles. The van der Waals surface area contributed by atoms with Gasteiger partial charge in [0.05, 0.1) is 4.92 Å². The highest BCUT2D eigenvalue weighted by molar-refractivity contribution is 6.10. The molecule has 1 N–H and O–H groups in total. The van der Waals surface area contributed by atoms with E-state index in [4.69, 9.17) is 5.11 Å². The van der Waals surface area contributed by atoms with Crippen LogP contribution in [0.5, 0.6) is 0 Å². The summed E-state index contributed by atoms with van der Waals surface area (Å²) in [5.41, 5.74) is -0.484. The molecular formula is C9H6FNO5. The molecule has 0 heterocycles. The van der Waals surface area contributed by atoms with Gasteiger partial charge in [0, 0.05) is 17.7 Å². The number of ketones is 1. The lowest BCUT2D eigenvalue weighted by atomic mass is 10.1. The zero-order chi connectivity index (χ0) is 12.3. The first kappa shape index (κ1) is 11.8. The van der Waals surface area contributed by atoms with Crippen LogP contribution in [-0.4, -0.2) is 28.0 Å². The lowest BCUT2D eigenvalue weighted by molar-refractivity contribution is -0.384. The van der Waals surface area contributed by atoms with Gasteiger partial charge < -0.3 is 5.11 Å². The Morgan fingerprint density at radius 1 is 1.31 bits per heavy atom. The molecule has 1 aromatic carbocycles. The summed E-state index contributed by atoms with van der Waals surface area (Å²) in [6.45, 7) is 0. The summed E-state index contributed by atoms with van der Waals surface area (Å²) in [6, 6.07) is 4.02. The Bertz CT molecular complexity index is 442. The van der Waals surface area contributed by atoms with Crippen molar-refractivity contribution in [3.63, 3.8) is 0 Å². The van der Waals surface area contributed by atoms with Crippen LogP contribution in [0.2, 0.25) is 0 Å². The van der Waals surface area contributed by atoms with E-state index in [1.54, 1.807) is 0 Å². The number of nitro benzene ring substituents is 1. The summed E-state index contributed by atoms with van der Waals surface area (Å²) in [5, 5.41) is 18.5. The molecule has 0 aliphatic heterocycles. The van der Waals surface area contributed by atoms with Gasteiger partial charge in [0.25, 0.3) is 11.9 Å². The normalized spacial score (nSPS) is 11.8. The Morgan fingerprint density at radius 2 is 1.81 bits per heavy atom. The lowest BCUT2D eigenvalue weighted by Gasteiger charge is -2.01. The number of nitrogens with zero attached hydrogens (tertiary/aromatic N) is 1. The van der Waals surface area contributed by atoms with E-state index in [1.807, 2.05) is 0 Å². The van der Waals surface area contributed by atoms with Crippen LogP contribution in [0.25, 0.3) is 0 Å². The predicted molar refractivity (Wildman–Crippen MR) is 50.0 cm³/mol. The Kier molecular flexibility index (Phi) is 3.29. The van der Waals surface area contributed by atoms with Gasteiger partial charge in [-0.25, -0.2) is 9.18 Å². The van der Waals surface area contributed by atoms with E-state index in [9.17, 15) is 24.1 Å². The number of hydrogen-bond donors (Lipinski definition) is 1. The maximum Gasteiger partial charge on any atom is 0.346 e. The van der Waals surface area contributed by atoms with E-state index >= 15 is 0 Å². The van der Waals surface area contributed by atoms with Gasteiger partial charge in [-0.3, -0.25) is 14.9 Å². The molecule has 6 nitrogen and oxygen atoms in total. The number of halogens is 1. The molecule has 1 aromatic rings. The van der Waals surface area contributed by atoms with Crippen LogP contribution in [0.3, 0.4) is 0 Å². The molecule has 0 fully saturated rings. The number of carboxylic acids is 1. The molecule has 1 atom stereocenters. The van der Waals surface area contributed by atoms with Gasteiger partial charge in [-0.15, -0.1) is 0 Å². The first-order valence-corrected chi connectivity index (χ1v) is 4.09. The fourth-order valence-electron chi connectivity index (χ4n) is 1.01. The molecule has 0 aromatic heterocycles. The molecule has 0 aliphatic rings. The van der Waals surface area contributed by atoms with E-state index in [0.717, 1.165) is 24.3 Å². The van der Waals surface area contributed by atoms with Crippen molar-refractivity contribution < 1.29 is 24.0 Å². The molecule has 16 heavy (non-hydrogen) atoms. The highest BCUT2D eigenvalue weighted by Crippen LogP contribution is 2.14. The highest BCUT2D eigenvalue weighted by Gasteiger charge is 2.26. The number of rotatable bonds is 4. The third-order valence-corrected chi connectivity index (χ3v) is 1.81. The molecule has 0 aliphatic carbocycles. The summed E-state index contributed by atoms with van der Waals surface area (Å²) >= 11 is 0. The third kappa shape index (κ3) is 2.38. The van der Waals surface area contributed by atoms with Crippen LogP contribution < -0.4 is 0 Å². The number of nitro groups is 1. The second kappa shape index (κ2) is 4.47. The van der Waals surface area contributed by atoms with Crippen molar-refractivity contribution in [2.45, 2.75) is 6.17 Å². The Hall–Kier alpha value is -2.31. The number of carbonyl (C=O) groups is 2. The fourth-order valence-corrected chi connectivity index (χ4v) is 1.01. The van der Waals surface area contributed by atoms with Gasteiger partial charge in [-0.2, -0.15) is 0 Å². The quantitative estimate of drug-likeness (QED) is 0.360. The van der Waals surface area contributed by atoms with Crippen LogP contribution in [0.1, 0.15) is 10.4 Å². The average molecular weight is 227 g/mol. The number of benzene rings is 1. The number of non-ortho nitro benzene ring substituents is 1. The number of hydrogen-bond acceptors (Lipinski definition) is 4.